The second-order valence-corrected chi connectivity index (χ2v) is 5.74. The van der Waals surface area contributed by atoms with Crippen LogP contribution < -0.4 is 10.6 Å². The molecule has 1 atom stereocenters. The lowest BCUT2D eigenvalue weighted by Crippen LogP contribution is -2.50. The van der Waals surface area contributed by atoms with Crippen LogP contribution in [0.25, 0.3) is 0 Å². The van der Waals surface area contributed by atoms with E-state index in [1.54, 1.807) is 0 Å². The van der Waals surface area contributed by atoms with Crippen molar-refractivity contribution in [2.45, 2.75) is 52.6 Å². The fourth-order valence-corrected chi connectivity index (χ4v) is 1.78. The molecule has 128 valence electrons. The Kier molecular flexibility index (Phi) is 10.4. The molecule has 0 aromatic carbocycles. The molecule has 0 aliphatic rings. The smallest absolute Gasteiger partial charge is 0.305 e. The van der Waals surface area contributed by atoms with Crippen molar-refractivity contribution in [2.75, 3.05) is 19.8 Å². The minimum atomic E-state index is -0.931. The van der Waals surface area contributed by atoms with E-state index in [0.29, 0.717) is 0 Å². The van der Waals surface area contributed by atoms with Gasteiger partial charge in [-0.15, -0.1) is 0 Å². The predicted molar refractivity (Wildman–Crippen MR) is 82.6 cm³/mol. The molecule has 0 fully saturated rings. The Morgan fingerprint density at radius 3 is 2.14 bits per heavy atom. The molecule has 0 aliphatic heterocycles. The van der Waals surface area contributed by atoms with Crippen LogP contribution in [0.1, 0.15) is 40.5 Å². The van der Waals surface area contributed by atoms with Gasteiger partial charge in [0.1, 0.15) is 0 Å². The maximum Gasteiger partial charge on any atom is 0.305 e. The van der Waals surface area contributed by atoms with Crippen molar-refractivity contribution in [1.82, 2.24) is 10.6 Å². The highest BCUT2D eigenvalue weighted by molar-refractivity contribution is 5.86. The Hall–Kier alpha value is -1.47. The van der Waals surface area contributed by atoms with Gasteiger partial charge in [-0.2, -0.15) is 0 Å². The van der Waals surface area contributed by atoms with E-state index in [1.165, 1.54) is 0 Å². The zero-order valence-electron chi connectivity index (χ0n) is 13.8. The lowest BCUT2D eigenvalue weighted by atomic mass is 10.0. The Morgan fingerprint density at radius 1 is 1.05 bits per heavy atom. The quantitative estimate of drug-likeness (QED) is 0.455. The minimum absolute atomic E-state index is 0.0618. The third-order valence-corrected chi connectivity index (χ3v) is 2.88. The Morgan fingerprint density at radius 2 is 1.64 bits per heavy atom. The van der Waals surface area contributed by atoms with Gasteiger partial charge in [0.2, 0.25) is 5.91 Å². The largest absolute Gasteiger partial charge is 0.481 e. The lowest BCUT2D eigenvalue weighted by molar-refractivity contribution is -0.138. The van der Waals surface area contributed by atoms with Crippen LogP contribution in [-0.4, -0.2) is 54.6 Å². The van der Waals surface area contributed by atoms with Gasteiger partial charge in [-0.25, -0.2) is 0 Å². The zero-order valence-corrected chi connectivity index (χ0v) is 13.8. The average molecular weight is 316 g/mol. The van der Waals surface area contributed by atoms with Crippen LogP contribution in [0.15, 0.2) is 0 Å². The van der Waals surface area contributed by atoms with Crippen molar-refractivity contribution in [3.8, 4) is 0 Å². The summed E-state index contributed by atoms with van der Waals surface area (Å²) in [5.41, 5.74) is 0. The fraction of sp³-hybridized carbons (Fsp3) is 0.800. The third kappa shape index (κ3) is 10.3. The van der Waals surface area contributed by atoms with Crippen molar-refractivity contribution in [2.24, 2.45) is 5.92 Å². The maximum absolute atomic E-state index is 12.1. The second kappa shape index (κ2) is 11.1. The van der Waals surface area contributed by atoms with Gasteiger partial charge in [0.25, 0.3) is 0 Å². The molecule has 3 N–H and O–H groups in total. The van der Waals surface area contributed by atoms with Crippen LogP contribution in [0.2, 0.25) is 0 Å². The topological polar surface area (TPSA) is 105 Å². The van der Waals surface area contributed by atoms with Gasteiger partial charge >= 0.3 is 5.97 Å². The minimum Gasteiger partial charge on any atom is -0.481 e. The highest BCUT2D eigenvalue weighted by Gasteiger charge is 2.22. The number of aliphatic carboxylic acids is 1. The fourth-order valence-electron chi connectivity index (χ4n) is 1.78. The molecule has 0 heterocycles. The molecule has 0 saturated carbocycles. The summed E-state index contributed by atoms with van der Waals surface area (Å²) in [5, 5.41) is 14.3. The molecule has 7 heteroatoms. The summed E-state index contributed by atoms with van der Waals surface area (Å²) in [6.07, 6.45) is 0.0643. The summed E-state index contributed by atoms with van der Waals surface area (Å²) >= 11 is 0. The summed E-state index contributed by atoms with van der Waals surface area (Å²) in [5.74, 6) is -1.19. The van der Waals surface area contributed by atoms with Crippen LogP contribution in [-0.2, 0) is 19.1 Å². The number of ether oxygens (including phenoxy) is 1. The molecular weight excluding hydrogens is 288 g/mol. The van der Waals surface area contributed by atoms with Gasteiger partial charge in [0.15, 0.2) is 5.78 Å². The van der Waals surface area contributed by atoms with Crippen molar-refractivity contribution in [1.29, 1.82) is 0 Å². The van der Waals surface area contributed by atoms with Gasteiger partial charge in [0, 0.05) is 24.9 Å². The summed E-state index contributed by atoms with van der Waals surface area (Å²) in [6, 6.07) is -0.263. The number of Topliss-reactive ketones (excluding diaryl/α,β-unsaturated/α-hetero) is 1. The van der Waals surface area contributed by atoms with Gasteiger partial charge in [-0.3, -0.25) is 14.4 Å². The highest BCUT2D eigenvalue weighted by Crippen LogP contribution is 2.01. The Labute approximate surface area is 131 Å². The molecule has 0 aromatic rings. The molecule has 0 aliphatic carbocycles. The first kappa shape index (κ1) is 20.5. The first-order valence-corrected chi connectivity index (χ1v) is 7.60. The van der Waals surface area contributed by atoms with E-state index >= 15 is 0 Å². The molecule has 0 radical (unpaired) electrons. The van der Waals surface area contributed by atoms with E-state index in [4.69, 9.17) is 9.84 Å². The summed E-state index contributed by atoms with van der Waals surface area (Å²) < 4.78 is 5.05. The number of amides is 1. The van der Waals surface area contributed by atoms with Crippen LogP contribution in [0.3, 0.4) is 0 Å². The van der Waals surface area contributed by atoms with Crippen LogP contribution >= 0.6 is 0 Å². The van der Waals surface area contributed by atoms with Gasteiger partial charge in [0.05, 0.1) is 25.7 Å². The van der Waals surface area contributed by atoms with E-state index in [0.717, 1.165) is 0 Å². The van der Waals surface area contributed by atoms with Crippen molar-refractivity contribution in [3.63, 3.8) is 0 Å². The molecule has 0 bridgehead atoms. The number of carbonyl (C=O) groups excluding carboxylic acids is 2. The number of rotatable bonds is 12. The molecule has 1 amide bonds. The Bertz CT molecular complexity index is 369. The van der Waals surface area contributed by atoms with Gasteiger partial charge in [-0.1, -0.05) is 27.7 Å². The Balaban J connectivity index is 4.05. The van der Waals surface area contributed by atoms with Crippen molar-refractivity contribution < 1.29 is 24.2 Å². The number of carboxylic acids is 1. The average Bonchev–Trinajstić information content (AvgIpc) is 2.41. The van der Waals surface area contributed by atoms with Gasteiger partial charge < -0.3 is 20.5 Å². The monoisotopic (exact) mass is 316 g/mol. The number of ketones is 1. The number of carboxylic acid groups (broad SMARTS) is 1. The SMILES string of the molecule is CC(C)N[C@@H](CNC(=O)CCOCCC(=O)O)C(=O)C(C)C. The van der Waals surface area contributed by atoms with E-state index in [-0.39, 0.29) is 56.3 Å². The van der Waals surface area contributed by atoms with Crippen molar-refractivity contribution in [3.05, 3.63) is 0 Å². The number of nitrogens with one attached hydrogen (secondary N) is 2. The molecule has 0 spiro atoms. The van der Waals surface area contributed by atoms with E-state index in [1.807, 2.05) is 27.7 Å². The summed E-state index contributed by atoms with van der Waals surface area (Å²) in [7, 11) is 0. The molecule has 7 nitrogen and oxygen atoms in total. The lowest BCUT2D eigenvalue weighted by Gasteiger charge is -2.22. The van der Waals surface area contributed by atoms with Crippen molar-refractivity contribution >= 4 is 17.7 Å². The van der Waals surface area contributed by atoms with Crippen LogP contribution in [0.4, 0.5) is 0 Å². The maximum atomic E-state index is 12.1. The molecule has 0 saturated heterocycles. The van der Waals surface area contributed by atoms with Crippen LogP contribution in [0.5, 0.6) is 0 Å². The van der Waals surface area contributed by atoms with Gasteiger partial charge in [-0.05, 0) is 0 Å². The molecule has 22 heavy (non-hydrogen) atoms. The zero-order chi connectivity index (χ0) is 17.1. The molecule has 0 unspecified atom stereocenters. The second-order valence-electron chi connectivity index (χ2n) is 5.74. The summed E-state index contributed by atoms with van der Waals surface area (Å²) in [6.45, 7) is 8.04. The molecule has 0 rings (SSSR count). The predicted octanol–water partition coefficient (Wildman–Crippen LogP) is 0.576. The first-order chi connectivity index (χ1) is 10.2. The number of carbonyl (C=O) groups is 3. The number of hydrogen-bond acceptors (Lipinski definition) is 5. The summed E-state index contributed by atoms with van der Waals surface area (Å²) in [4.78, 5) is 34.0. The first-order valence-electron chi connectivity index (χ1n) is 7.60. The van der Waals surface area contributed by atoms with E-state index in [2.05, 4.69) is 10.6 Å². The highest BCUT2D eigenvalue weighted by atomic mass is 16.5. The normalized spacial score (nSPS) is 12.5. The standard InChI is InChI=1S/C15H28N2O5/c1-10(2)15(21)12(17-11(3)4)9-16-13(18)5-7-22-8-6-14(19)20/h10-12,17H,5-9H2,1-4H3,(H,16,18)(H,19,20)/t12-/m0/s1. The third-order valence-electron chi connectivity index (χ3n) is 2.88. The number of hydrogen-bond donors (Lipinski definition) is 3. The van der Waals surface area contributed by atoms with E-state index in [9.17, 15) is 14.4 Å². The molecule has 0 aromatic heterocycles. The van der Waals surface area contributed by atoms with Crippen LogP contribution in [0, 0.1) is 5.92 Å². The molecular formula is C15H28N2O5. The van der Waals surface area contributed by atoms with E-state index < -0.39 is 12.0 Å².